The molecule has 2 aliphatic rings. The van der Waals surface area contributed by atoms with Crippen LogP contribution >= 0.6 is 0 Å². The van der Waals surface area contributed by atoms with Crippen molar-refractivity contribution in [1.82, 2.24) is 14.5 Å². The first-order valence-corrected chi connectivity index (χ1v) is 11.1. The fourth-order valence-corrected chi connectivity index (χ4v) is 4.81. The second-order valence-electron chi connectivity index (χ2n) is 7.51. The summed E-state index contributed by atoms with van der Waals surface area (Å²) in [6.45, 7) is 0.854. The van der Waals surface area contributed by atoms with E-state index in [0.717, 1.165) is 59.5 Å². The van der Waals surface area contributed by atoms with E-state index in [4.69, 9.17) is 5.73 Å². The zero-order valence-corrected chi connectivity index (χ0v) is 19.0. The predicted molar refractivity (Wildman–Crippen MR) is 102 cm³/mol. The number of aryl methyl sites for hydroxylation is 1. The molecule has 2 aromatic heterocycles. The summed E-state index contributed by atoms with van der Waals surface area (Å²) in [5.41, 5.74) is 9.53. The first-order valence-electron chi connectivity index (χ1n) is 9.67. The van der Waals surface area contributed by atoms with Crippen LogP contribution in [0.15, 0.2) is 30.6 Å². The number of amides is 2. The van der Waals surface area contributed by atoms with Crippen LogP contribution in [0.25, 0.3) is 5.73 Å². The average molecular weight is 584 g/mol. The Morgan fingerprint density at radius 3 is 2.57 bits per heavy atom. The number of anilines is 2. The third kappa shape index (κ3) is 4.08. The molecule has 0 radical (unpaired) electrons. The van der Waals surface area contributed by atoms with Gasteiger partial charge in [-0.2, -0.15) is 0 Å². The molecule has 2 aromatic rings. The number of rotatable bonds is 2. The van der Waals surface area contributed by atoms with E-state index in [-0.39, 0.29) is 31.8 Å². The van der Waals surface area contributed by atoms with E-state index < -0.39 is 12.0 Å². The van der Waals surface area contributed by atoms with E-state index in [1.54, 1.807) is 12.3 Å². The number of hydrogen-bond acceptors (Lipinski definition) is 4. The quantitative estimate of drug-likeness (QED) is 0.536. The normalized spacial score (nSPS) is 18.1. The molecule has 0 aliphatic carbocycles. The molecule has 1 saturated heterocycles. The molecule has 0 bridgehead atoms. The van der Waals surface area contributed by atoms with Crippen LogP contribution in [0.5, 0.6) is 0 Å². The second kappa shape index (κ2) is 8.02. The van der Waals surface area contributed by atoms with E-state index in [9.17, 15) is 18.4 Å². The molecule has 30 heavy (non-hydrogen) atoms. The van der Waals surface area contributed by atoms with Gasteiger partial charge in [0.25, 0.3) is 5.92 Å². The van der Waals surface area contributed by atoms with Gasteiger partial charge in [-0.15, -0.1) is 0 Å². The first-order chi connectivity index (χ1) is 14.2. The minimum atomic E-state index is -2.69. The molecule has 2 aliphatic heterocycles. The van der Waals surface area contributed by atoms with Crippen molar-refractivity contribution in [2.75, 3.05) is 24.5 Å². The summed E-state index contributed by atoms with van der Waals surface area (Å²) in [5.74, 6) is -2.19. The number of nitrogens with one attached hydrogen (secondary N) is 1. The number of alkyl halides is 2. The van der Waals surface area contributed by atoms with Gasteiger partial charge in [-0.1, -0.05) is 0 Å². The summed E-state index contributed by atoms with van der Waals surface area (Å²) in [6.07, 6.45) is 4.15. The van der Waals surface area contributed by atoms with Crippen LogP contribution in [0, 0.1) is 3.67 Å². The molecule has 1 N–H and O–H groups in total. The van der Waals surface area contributed by atoms with Gasteiger partial charge in [0.1, 0.15) is 0 Å². The number of likely N-dealkylation sites (tertiary alicyclic amines) is 1. The Morgan fingerprint density at radius 2 is 1.90 bits per heavy atom. The Bertz CT molecular complexity index is 1060. The van der Waals surface area contributed by atoms with E-state index in [1.165, 1.54) is 15.7 Å². The van der Waals surface area contributed by atoms with Crippen LogP contribution in [-0.4, -0.2) is 51.9 Å². The van der Waals surface area contributed by atoms with E-state index in [1.807, 2.05) is 17.0 Å². The molecule has 0 unspecified atom stereocenters. The zero-order valence-electron chi connectivity index (χ0n) is 16.1. The summed E-state index contributed by atoms with van der Waals surface area (Å²) in [6, 6.07) is 4.69. The molecule has 0 spiro atoms. The van der Waals surface area contributed by atoms with Gasteiger partial charge in [-0.3, -0.25) is 0 Å². The molecule has 7 nitrogen and oxygen atoms in total. The molecule has 4 rings (SSSR count). The predicted octanol–water partition coefficient (Wildman–Crippen LogP) is 3.94. The van der Waals surface area contributed by atoms with Crippen molar-refractivity contribution in [1.29, 1.82) is 0 Å². The summed E-state index contributed by atoms with van der Waals surface area (Å²) in [4.78, 5) is 32.2. The van der Waals surface area contributed by atoms with Crippen LogP contribution in [0.4, 0.5) is 25.1 Å². The molecule has 0 aromatic carbocycles. The maximum atomic E-state index is 13.4. The van der Waals surface area contributed by atoms with Crippen LogP contribution in [0.1, 0.15) is 35.2 Å². The molecule has 2 amide bonds. The van der Waals surface area contributed by atoms with Crippen LogP contribution in [0.2, 0.25) is 0 Å². The molecule has 0 atom stereocenters. The van der Waals surface area contributed by atoms with Gasteiger partial charge >= 0.3 is 168 Å². The average Bonchev–Trinajstić information content (AvgIpc) is 2.72. The van der Waals surface area contributed by atoms with Crippen molar-refractivity contribution >= 4 is 23.4 Å². The van der Waals surface area contributed by atoms with E-state index in [2.05, 4.69) is 4.98 Å². The number of hydrogen-bond donors (Lipinski definition) is 0. The number of halogens is 2. The Morgan fingerprint density at radius 1 is 1.17 bits per heavy atom. The summed E-state index contributed by atoms with van der Waals surface area (Å²) in [5, 5.41) is 0. The van der Waals surface area contributed by atoms with Crippen molar-refractivity contribution in [3.63, 3.8) is 0 Å². The molecular formula is C20H20F2N5O2W-. The van der Waals surface area contributed by atoms with Crippen LogP contribution in [-0.2, 0) is 25.8 Å². The fourth-order valence-electron chi connectivity index (χ4n) is 3.86. The number of carbonyl (C=O) groups is 2. The van der Waals surface area contributed by atoms with Crippen molar-refractivity contribution < 1.29 is 37.7 Å². The number of carbonyl (C=O) groups excluding carboxylic acids is 2. The SMILES string of the molecule is [NH-]C(=O)n1ccc(N2CCCc3cc(C(=O)N4CCC(F)(F)CC4)cnc32)c[c]1=[W]. The Kier molecular flexibility index (Phi) is 5.57. The molecular weight excluding hydrogens is 564 g/mol. The fraction of sp³-hybridized carbons (Fsp3) is 0.400. The van der Waals surface area contributed by atoms with Gasteiger partial charge in [-0.05, 0) is 0 Å². The topological polar surface area (TPSA) is 82.2 Å². The molecule has 1 fully saturated rings. The first kappa shape index (κ1) is 20.8. The summed E-state index contributed by atoms with van der Waals surface area (Å²) >= 11 is 1.07. The minimum absolute atomic E-state index is 0.0510. The number of fused-ring (bicyclic) bond motifs is 1. The monoisotopic (exact) mass is 584 g/mol. The van der Waals surface area contributed by atoms with Crippen molar-refractivity contribution in [3.05, 3.63) is 51.1 Å². The molecule has 0 saturated carbocycles. The zero-order chi connectivity index (χ0) is 21.5. The third-order valence-electron chi connectivity index (χ3n) is 5.49. The van der Waals surface area contributed by atoms with Crippen molar-refractivity contribution in [2.24, 2.45) is 0 Å². The third-order valence-corrected chi connectivity index (χ3v) is 6.62. The van der Waals surface area contributed by atoms with Gasteiger partial charge in [0, 0.05) is 0 Å². The maximum absolute atomic E-state index is 13.4. The van der Waals surface area contributed by atoms with Crippen LogP contribution in [0.3, 0.4) is 0 Å². The van der Waals surface area contributed by atoms with Gasteiger partial charge in [0.05, 0.1) is 0 Å². The second-order valence-corrected chi connectivity index (χ2v) is 9.01. The molecule has 10 heteroatoms. The van der Waals surface area contributed by atoms with Crippen LogP contribution < -0.4 is 4.90 Å². The van der Waals surface area contributed by atoms with E-state index >= 15 is 0 Å². The summed E-state index contributed by atoms with van der Waals surface area (Å²) in [7, 11) is 0. The van der Waals surface area contributed by atoms with Gasteiger partial charge in [0.2, 0.25) is 0 Å². The Hall–Kier alpha value is -2.41. The Labute approximate surface area is 182 Å². The van der Waals surface area contributed by atoms with Crippen molar-refractivity contribution in [2.45, 2.75) is 31.6 Å². The van der Waals surface area contributed by atoms with Gasteiger partial charge < -0.3 is 0 Å². The van der Waals surface area contributed by atoms with Gasteiger partial charge in [0.15, 0.2) is 0 Å². The molecule has 158 valence electrons. The number of nitrogens with zero attached hydrogens (tertiary/aromatic N) is 4. The van der Waals surface area contributed by atoms with Crippen molar-refractivity contribution in [3.8, 4) is 0 Å². The number of aromatic nitrogens is 2. The van der Waals surface area contributed by atoms with Gasteiger partial charge in [-0.25, -0.2) is 8.78 Å². The number of pyridine rings is 2. The standard InChI is InChI=1S/C20H21F2N5O2.W/c21-20(22)5-10-25(11-6-20)18(28)15-12-14-2-1-7-27(17(14)24-13-15)16-3-8-26(9-4-16)19(23)29;/h3-4,8,12-13H,1-2,5-7,10-11H2,(H2,23,29);/p-1. The molecule has 4 heterocycles. The summed E-state index contributed by atoms with van der Waals surface area (Å²) < 4.78 is 28.8. The Balaban J connectivity index is 1.59. The number of piperidine rings is 1. The van der Waals surface area contributed by atoms with E-state index in [0.29, 0.717) is 5.56 Å².